The number of hydrogen-bond donors (Lipinski definition) is 0. The number of carbonyl (C=O) groups is 2. The minimum Gasteiger partial charge on any atom is -0.455 e. The number of fused-ring (bicyclic) bond motifs is 1. The fraction of sp³-hybridized carbons (Fsp3) is 0.556. The zero-order valence-corrected chi connectivity index (χ0v) is 17.0. The molecule has 1 aliphatic carbocycles. The van der Waals surface area contributed by atoms with E-state index < -0.39 is 16.0 Å². The van der Waals surface area contributed by atoms with E-state index in [2.05, 4.69) is 12.1 Å². The molecule has 1 saturated heterocycles. The van der Waals surface area contributed by atoms with Gasteiger partial charge >= 0.3 is 5.97 Å². The Morgan fingerprint density at radius 1 is 1.11 bits per heavy atom. The second kappa shape index (κ2) is 8.62. The van der Waals surface area contributed by atoms with Gasteiger partial charge in [0.1, 0.15) is 0 Å². The molecule has 1 fully saturated rings. The Kier molecular flexibility index (Phi) is 6.44. The highest BCUT2D eigenvalue weighted by molar-refractivity contribution is 8.00. The molecule has 1 amide bonds. The predicted octanol–water partition coefficient (Wildman–Crippen LogP) is 0.914. The van der Waals surface area contributed by atoms with Gasteiger partial charge in [0.25, 0.3) is 5.91 Å². The number of aryl methyl sites for hydroxylation is 2. The molecule has 0 aromatic heterocycles. The lowest BCUT2D eigenvalue weighted by Crippen LogP contribution is -2.51. The molecule has 0 saturated carbocycles. The van der Waals surface area contributed by atoms with Gasteiger partial charge in [-0.05, 0) is 42.5 Å². The average molecular weight is 413 g/mol. The summed E-state index contributed by atoms with van der Waals surface area (Å²) in [4.78, 5) is 26.6. The van der Waals surface area contributed by atoms with Crippen molar-refractivity contribution in [3.05, 3.63) is 29.3 Å². The van der Waals surface area contributed by atoms with Crippen LogP contribution in [-0.2, 0) is 37.2 Å². The molecule has 27 heavy (non-hydrogen) atoms. The molecule has 9 heteroatoms. The number of esters is 1. The summed E-state index contributed by atoms with van der Waals surface area (Å²) in [5.41, 5.74) is 2.75. The number of ether oxygens (including phenoxy) is 1. The summed E-state index contributed by atoms with van der Waals surface area (Å²) in [7, 11) is -3.23. The molecular formula is C18H24N2O5S2. The normalized spacial score (nSPS) is 17.6. The van der Waals surface area contributed by atoms with E-state index in [1.54, 1.807) is 0 Å². The van der Waals surface area contributed by atoms with Gasteiger partial charge in [-0.3, -0.25) is 9.59 Å². The Bertz CT molecular complexity index is 817. The van der Waals surface area contributed by atoms with E-state index in [9.17, 15) is 18.0 Å². The lowest BCUT2D eigenvalue weighted by atomic mass is 10.1. The maximum Gasteiger partial charge on any atom is 0.316 e. The molecular weight excluding hydrogens is 388 g/mol. The second-order valence-electron chi connectivity index (χ2n) is 6.78. The van der Waals surface area contributed by atoms with Crippen LogP contribution in [-0.4, -0.2) is 74.3 Å². The number of nitrogens with zero attached hydrogens (tertiary/aromatic N) is 2. The van der Waals surface area contributed by atoms with Gasteiger partial charge in [-0.2, -0.15) is 4.31 Å². The highest BCUT2D eigenvalue weighted by Crippen LogP contribution is 2.27. The van der Waals surface area contributed by atoms with Gasteiger partial charge in [-0.1, -0.05) is 6.07 Å². The van der Waals surface area contributed by atoms with Crippen molar-refractivity contribution in [3.8, 4) is 0 Å². The third kappa shape index (κ3) is 5.46. The zero-order chi connectivity index (χ0) is 19.4. The van der Waals surface area contributed by atoms with E-state index >= 15 is 0 Å². The van der Waals surface area contributed by atoms with E-state index in [-0.39, 0.29) is 31.4 Å². The van der Waals surface area contributed by atoms with Crippen LogP contribution in [0.5, 0.6) is 0 Å². The summed E-state index contributed by atoms with van der Waals surface area (Å²) in [6.07, 6.45) is 4.56. The van der Waals surface area contributed by atoms with Crippen molar-refractivity contribution in [3.63, 3.8) is 0 Å². The third-order valence-corrected chi connectivity index (χ3v) is 7.11. The van der Waals surface area contributed by atoms with Gasteiger partial charge < -0.3 is 9.64 Å². The number of hydrogen-bond acceptors (Lipinski definition) is 6. The van der Waals surface area contributed by atoms with Crippen LogP contribution in [0.15, 0.2) is 23.1 Å². The van der Waals surface area contributed by atoms with E-state index in [1.165, 1.54) is 38.5 Å². The first-order valence-corrected chi connectivity index (χ1v) is 11.8. The van der Waals surface area contributed by atoms with E-state index in [1.807, 2.05) is 6.07 Å². The van der Waals surface area contributed by atoms with Crippen molar-refractivity contribution in [1.82, 2.24) is 9.21 Å². The molecule has 148 valence electrons. The summed E-state index contributed by atoms with van der Waals surface area (Å²) in [5, 5.41) is 0. The molecule has 0 bridgehead atoms. The number of piperazine rings is 1. The van der Waals surface area contributed by atoms with Crippen LogP contribution in [0.4, 0.5) is 0 Å². The van der Waals surface area contributed by atoms with Gasteiger partial charge in [0.15, 0.2) is 6.61 Å². The fourth-order valence-corrected chi connectivity index (χ4v) is 4.91. The van der Waals surface area contributed by atoms with E-state index in [0.29, 0.717) is 13.1 Å². The van der Waals surface area contributed by atoms with Gasteiger partial charge in [-0.15, -0.1) is 11.8 Å². The smallest absolute Gasteiger partial charge is 0.316 e. The Hall–Kier alpha value is -1.58. The number of amides is 1. The van der Waals surface area contributed by atoms with Crippen LogP contribution in [0.2, 0.25) is 0 Å². The Labute approximate surface area is 164 Å². The molecule has 7 nitrogen and oxygen atoms in total. The molecule has 0 unspecified atom stereocenters. The molecule has 0 N–H and O–H groups in total. The van der Waals surface area contributed by atoms with Crippen LogP contribution in [0.3, 0.4) is 0 Å². The topological polar surface area (TPSA) is 84.0 Å². The lowest BCUT2D eigenvalue weighted by molar-refractivity contribution is -0.150. The van der Waals surface area contributed by atoms with E-state index in [0.717, 1.165) is 24.0 Å². The summed E-state index contributed by atoms with van der Waals surface area (Å²) >= 11 is 1.41. The maximum atomic E-state index is 12.1. The van der Waals surface area contributed by atoms with Crippen LogP contribution in [0, 0.1) is 0 Å². The average Bonchev–Trinajstić information content (AvgIpc) is 3.11. The van der Waals surface area contributed by atoms with Crippen LogP contribution in [0.1, 0.15) is 17.5 Å². The predicted molar refractivity (Wildman–Crippen MR) is 103 cm³/mol. The number of sulfonamides is 1. The largest absolute Gasteiger partial charge is 0.455 e. The van der Waals surface area contributed by atoms with Crippen molar-refractivity contribution >= 4 is 33.7 Å². The number of benzene rings is 1. The molecule has 1 aromatic carbocycles. The second-order valence-corrected chi connectivity index (χ2v) is 9.81. The van der Waals surface area contributed by atoms with Gasteiger partial charge in [0.2, 0.25) is 10.0 Å². The molecule has 0 spiro atoms. The van der Waals surface area contributed by atoms with Crippen LogP contribution >= 0.6 is 11.8 Å². The van der Waals surface area contributed by atoms with E-state index in [4.69, 9.17) is 4.74 Å². The highest BCUT2D eigenvalue weighted by Gasteiger charge is 2.26. The third-order valence-electron chi connectivity index (χ3n) is 4.84. The summed E-state index contributed by atoms with van der Waals surface area (Å²) in [6, 6.07) is 6.27. The van der Waals surface area contributed by atoms with Gasteiger partial charge in [0.05, 0.1) is 12.0 Å². The van der Waals surface area contributed by atoms with Crippen molar-refractivity contribution in [2.75, 3.05) is 44.8 Å². The molecule has 0 atom stereocenters. The number of rotatable bonds is 6. The molecule has 1 aliphatic heterocycles. The lowest BCUT2D eigenvalue weighted by Gasteiger charge is -2.33. The Balaban J connectivity index is 1.38. The minimum absolute atomic E-state index is 0.161. The summed E-state index contributed by atoms with van der Waals surface area (Å²) < 4.78 is 29.4. The fourth-order valence-electron chi connectivity index (χ4n) is 3.32. The Morgan fingerprint density at radius 3 is 2.52 bits per heavy atom. The standard InChI is InChI=1S/C18H24N2O5S2/c1-27(23,24)20-9-7-19(8-10-20)17(21)12-25-18(22)13-26-16-6-5-14-3-2-4-15(14)11-16/h5-6,11H,2-4,7-10,12-13H2,1H3. The monoisotopic (exact) mass is 412 g/mol. The van der Waals surface area contributed by atoms with Crippen molar-refractivity contribution in [2.45, 2.75) is 24.2 Å². The SMILES string of the molecule is CS(=O)(=O)N1CCN(C(=O)COC(=O)CSc2ccc3c(c2)CCC3)CC1. The van der Waals surface area contributed by atoms with Crippen molar-refractivity contribution in [2.24, 2.45) is 0 Å². The van der Waals surface area contributed by atoms with Crippen LogP contribution < -0.4 is 0 Å². The summed E-state index contributed by atoms with van der Waals surface area (Å²) in [6.45, 7) is 0.864. The molecule has 1 aromatic rings. The van der Waals surface area contributed by atoms with Crippen LogP contribution in [0.25, 0.3) is 0 Å². The van der Waals surface area contributed by atoms with Gasteiger partial charge in [0, 0.05) is 31.1 Å². The molecule has 3 rings (SSSR count). The summed E-state index contributed by atoms with van der Waals surface area (Å²) in [5.74, 6) is -0.559. The minimum atomic E-state index is -3.23. The van der Waals surface area contributed by atoms with Crippen molar-refractivity contribution in [1.29, 1.82) is 0 Å². The molecule has 0 radical (unpaired) electrons. The quantitative estimate of drug-likeness (QED) is 0.510. The first-order chi connectivity index (χ1) is 12.8. The highest BCUT2D eigenvalue weighted by atomic mass is 32.2. The molecule has 2 aliphatic rings. The zero-order valence-electron chi connectivity index (χ0n) is 15.3. The first-order valence-electron chi connectivity index (χ1n) is 8.96. The maximum absolute atomic E-state index is 12.1. The van der Waals surface area contributed by atoms with Gasteiger partial charge in [-0.25, -0.2) is 8.42 Å². The number of carbonyl (C=O) groups excluding carboxylic acids is 2. The molecule has 1 heterocycles. The Morgan fingerprint density at radius 2 is 1.81 bits per heavy atom. The van der Waals surface area contributed by atoms with Crippen molar-refractivity contribution < 1.29 is 22.7 Å². The first kappa shape index (κ1) is 20.2. The number of thioether (sulfide) groups is 1.